The molecule has 3 rings (SSSR count). The normalized spacial score (nSPS) is 17.8. The zero-order valence-corrected chi connectivity index (χ0v) is 15.5. The predicted molar refractivity (Wildman–Crippen MR) is 99.7 cm³/mol. The SMILES string of the molecule is CC(C)(C)C(=O)N1CCCC(c2ccnc(Nc3cccc(F)c3)n2)C1. The van der Waals surface area contributed by atoms with Crippen LogP contribution in [-0.4, -0.2) is 33.9 Å². The lowest BCUT2D eigenvalue weighted by molar-refractivity contribution is -0.140. The molecule has 2 aromatic rings. The number of benzene rings is 1. The van der Waals surface area contributed by atoms with Crippen molar-refractivity contribution in [1.82, 2.24) is 14.9 Å². The third kappa shape index (κ3) is 4.36. The van der Waals surface area contributed by atoms with Crippen molar-refractivity contribution in [3.05, 3.63) is 48.0 Å². The first-order valence-electron chi connectivity index (χ1n) is 8.98. The maximum absolute atomic E-state index is 13.3. The summed E-state index contributed by atoms with van der Waals surface area (Å²) < 4.78 is 13.3. The van der Waals surface area contributed by atoms with Crippen LogP contribution in [0, 0.1) is 11.2 Å². The minimum atomic E-state index is -0.377. The van der Waals surface area contributed by atoms with Crippen LogP contribution in [0.3, 0.4) is 0 Å². The first-order chi connectivity index (χ1) is 12.3. The lowest BCUT2D eigenvalue weighted by Gasteiger charge is -2.36. The lowest BCUT2D eigenvalue weighted by atomic mass is 9.90. The molecule has 26 heavy (non-hydrogen) atoms. The number of hydrogen-bond donors (Lipinski definition) is 1. The molecule has 1 fully saturated rings. The average Bonchev–Trinajstić information content (AvgIpc) is 2.61. The van der Waals surface area contributed by atoms with Gasteiger partial charge in [0.2, 0.25) is 11.9 Å². The molecule has 1 unspecified atom stereocenters. The Morgan fingerprint density at radius 2 is 2.12 bits per heavy atom. The number of rotatable bonds is 3. The highest BCUT2D eigenvalue weighted by Gasteiger charge is 2.31. The molecule has 1 N–H and O–H groups in total. The number of carbonyl (C=O) groups excluding carboxylic acids is 1. The van der Waals surface area contributed by atoms with Gasteiger partial charge in [0.05, 0.1) is 5.69 Å². The topological polar surface area (TPSA) is 58.1 Å². The number of likely N-dealkylation sites (tertiary alicyclic amines) is 1. The molecule has 1 aliphatic rings. The number of nitrogens with one attached hydrogen (secondary N) is 1. The summed E-state index contributed by atoms with van der Waals surface area (Å²) >= 11 is 0. The van der Waals surface area contributed by atoms with Crippen LogP contribution < -0.4 is 5.32 Å². The van der Waals surface area contributed by atoms with Crippen molar-refractivity contribution < 1.29 is 9.18 Å². The molecule has 1 aliphatic heterocycles. The van der Waals surface area contributed by atoms with E-state index >= 15 is 0 Å². The maximum Gasteiger partial charge on any atom is 0.227 e. The van der Waals surface area contributed by atoms with Crippen LogP contribution in [0.5, 0.6) is 0 Å². The summed E-state index contributed by atoms with van der Waals surface area (Å²) in [4.78, 5) is 23.3. The molecule has 1 aromatic heterocycles. The fraction of sp³-hybridized carbons (Fsp3) is 0.450. The molecule has 6 heteroatoms. The van der Waals surface area contributed by atoms with Crippen LogP contribution in [0.2, 0.25) is 0 Å². The summed E-state index contributed by atoms with van der Waals surface area (Å²) in [6.45, 7) is 7.32. The second-order valence-electron chi connectivity index (χ2n) is 7.78. The van der Waals surface area contributed by atoms with Gasteiger partial charge < -0.3 is 10.2 Å². The third-order valence-corrected chi connectivity index (χ3v) is 4.53. The summed E-state index contributed by atoms with van der Waals surface area (Å²) in [5.41, 5.74) is 1.14. The Morgan fingerprint density at radius 3 is 2.85 bits per heavy atom. The molecule has 0 spiro atoms. The van der Waals surface area contributed by atoms with E-state index in [0.717, 1.165) is 25.1 Å². The number of aromatic nitrogens is 2. The van der Waals surface area contributed by atoms with Gasteiger partial charge in [-0.1, -0.05) is 26.8 Å². The van der Waals surface area contributed by atoms with Gasteiger partial charge >= 0.3 is 0 Å². The molecule has 2 heterocycles. The van der Waals surface area contributed by atoms with E-state index in [-0.39, 0.29) is 23.1 Å². The molecule has 1 aromatic carbocycles. The fourth-order valence-corrected chi connectivity index (χ4v) is 3.23. The molecule has 0 bridgehead atoms. The highest BCUT2D eigenvalue weighted by atomic mass is 19.1. The number of piperidine rings is 1. The molecule has 0 saturated carbocycles. The second kappa shape index (κ2) is 7.40. The summed E-state index contributed by atoms with van der Waals surface area (Å²) in [6.07, 6.45) is 3.65. The van der Waals surface area contributed by atoms with Gasteiger partial charge in [0.25, 0.3) is 0 Å². The summed E-state index contributed by atoms with van der Waals surface area (Å²) in [5.74, 6) is 0.489. The van der Waals surface area contributed by atoms with Gasteiger partial charge in [-0.05, 0) is 37.1 Å². The summed E-state index contributed by atoms with van der Waals surface area (Å²) in [6, 6.07) is 8.10. The van der Waals surface area contributed by atoms with Crippen LogP contribution >= 0.6 is 0 Å². The van der Waals surface area contributed by atoms with Crippen LogP contribution in [0.25, 0.3) is 0 Å². The van der Waals surface area contributed by atoms with E-state index in [9.17, 15) is 9.18 Å². The van der Waals surface area contributed by atoms with E-state index in [1.165, 1.54) is 12.1 Å². The minimum Gasteiger partial charge on any atom is -0.342 e. The van der Waals surface area contributed by atoms with Gasteiger partial charge in [-0.15, -0.1) is 0 Å². The van der Waals surface area contributed by atoms with E-state index in [4.69, 9.17) is 0 Å². The van der Waals surface area contributed by atoms with E-state index < -0.39 is 0 Å². The number of nitrogens with zero attached hydrogens (tertiary/aromatic N) is 3. The van der Waals surface area contributed by atoms with Crippen molar-refractivity contribution >= 4 is 17.5 Å². The molecule has 138 valence electrons. The van der Waals surface area contributed by atoms with E-state index in [2.05, 4.69) is 15.3 Å². The van der Waals surface area contributed by atoms with Gasteiger partial charge in [0.1, 0.15) is 5.82 Å². The average molecular weight is 356 g/mol. The molecule has 5 nitrogen and oxygen atoms in total. The van der Waals surface area contributed by atoms with Gasteiger partial charge in [-0.25, -0.2) is 14.4 Å². The van der Waals surface area contributed by atoms with Gasteiger partial charge in [0.15, 0.2) is 0 Å². The third-order valence-electron chi connectivity index (χ3n) is 4.53. The van der Waals surface area contributed by atoms with Gasteiger partial charge in [-0.3, -0.25) is 4.79 Å². The van der Waals surface area contributed by atoms with Crippen LogP contribution in [-0.2, 0) is 4.79 Å². The van der Waals surface area contributed by atoms with Crippen LogP contribution in [0.15, 0.2) is 36.5 Å². The Labute approximate surface area is 153 Å². The highest BCUT2D eigenvalue weighted by Crippen LogP contribution is 2.29. The number of carbonyl (C=O) groups is 1. The number of amides is 1. The molecular weight excluding hydrogens is 331 g/mol. The Balaban J connectivity index is 1.74. The zero-order valence-electron chi connectivity index (χ0n) is 15.5. The summed E-state index contributed by atoms with van der Waals surface area (Å²) in [5, 5.41) is 3.04. The van der Waals surface area contributed by atoms with Crippen molar-refractivity contribution in [1.29, 1.82) is 0 Å². The van der Waals surface area contributed by atoms with Crippen molar-refractivity contribution in [2.75, 3.05) is 18.4 Å². The van der Waals surface area contributed by atoms with Crippen molar-refractivity contribution in [2.24, 2.45) is 5.41 Å². The van der Waals surface area contributed by atoms with Crippen molar-refractivity contribution in [2.45, 2.75) is 39.5 Å². The van der Waals surface area contributed by atoms with E-state index in [0.29, 0.717) is 18.2 Å². The minimum absolute atomic E-state index is 0.175. The van der Waals surface area contributed by atoms with Crippen LogP contribution in [0.1, 0.15) is 45.2 Å². The first-order valence-corrected chi connectivity index (χ1v) is 8.98. The smallest absolute Gasteiger partial charge is 0.227 e. The van der Waals surface area contributed by atoms with Crippen LogP contribution in [0.4, 0.5) is 16.0 Å². The molecular formula is C20H25FN4O. The van der Waals surface area contributed by atoms with E-state index in [1.54, 1.807) is 18.3 Å². The molecule has 0 radical (unpaired) electrons. The zero-order chi connectivity index (χ0) is 18.7. The number of hydrogen-bond acceptors (Lipinski definition) is 4. The van der Waals surface area contributed by atoms with E-state index in [1.807, 2.05) is 31.7 Å². The molecule has 1 saturated heterocycles. The Morgan fingerprint density at radius 1 is 1.31 bits per heavy atom. The first kappa shape index (κ1) is 18.3. The standard InChI is InChI=1S/C20H25FN4O/c1-20(2,3)18(26)25-11-5-6-14(13-25)17-9-10-22-19(24-17)23-16-8-4-7-15(21)12-16/h4,7-10,12,14H,5-6,11,13H2,1-3H3,(H,22,23,24). The Hall–Kier alpha value is -2.50. The predicted octanol–water partition coefficient (Wildman–Crippen LogP) is 4.11. The van der Waals surface area contributed by atoms with Crippen molar-refractivity contribution in [3.63, 3.8) is 0 Å². The maximum atomic E-state index is 13.3. The monoisotopic (exact) mass is 356 g/mol. The Kier molecular flexibility index (Phi) is 5.20. The molecule has 1 atom stereocenters. The quantitative estimate of drug-likeness (QED) is 0.899. The fourth-order valence-electron chi connectivity index (χ4n) is 3.23. The highest BCUT2D eigenvalue weighted by molar-refractivity contribution is 5.81. The second-order valence-corrected chi connectivity index (χ2v) is 7.78. The van der Waals surface area contributed by atoms with Gasteiger partial charge in [-0.2, -0.15) is 0 Å². The number of anilines is 2. The number of halogens is 1. The molecule has 0 aliphatic carbocycles. The lowest BCUT2D eigenvalue weighted by Crippen LogP contribution is -2.44. The van der Waals surface area contributed by atoms with Crippen molar-refractivity contribution in [3.8, 4) is 0 Å². The largest absolute Gasteiger partial charge is 0.342 e. The Bertz CT molecular complexity index is 787. The molecule has 1 amide bonds. The summed E-state index contributed by atoms with van der Waals surface area (Å²) in [7, 11) is 0. The van der Waals surface area contributed by atoms with Gasteiger partial charge in [0, 0.05) is 36.3 Å².